The van der Waals surface area contributed by atoms with E-state index >= 15 is 0 Å². The number of hydrogen-bond acceptors (Lipinski definition) is 2. The number of nitrogens with one attached hydrogen (secondary N) is 1. The van der Waals surface area contributed by atoms with Crippen molar-refractivity contribution in [2.24, 2.45) is 5.92 Å². The Morgan fingerprint density at radius 3 is 2.17 bits per heavy atom. The normalized spacial score (nSPS) is 27.0. The minimum atomic E-state index is 0.729. The fraction of sp³-hybridized carbons (Fsp3) is 1.00. The lowest BCUT2D eigenvalue weighted by atomic mass is 9.89. The summed E-state index contributed by atoms with van der Waals surface area (Å²) in [7, 11) is 0. The van der Waals surface area contributed by atoms with Gasteiger partial charge < -0.3 is 10.2 Å². The molecule has 0 aromatic carbocycles. The second kappa shape index (κ2) is 7.49. The molecule has 1 aliphatic carbocycles. The van der Waals surface area contributed by atoms with Crippen LogP contribution in [0.25, 0.3) is 0 Å². The molecule has 2 aliphatic rings. The predicted molar refractivity (Wildman–Crippen MR) is 78.9 cm³/mol. The number of rotatable bonds is 4. The van der Waals surface area contributed by atoms with Gasteiger partial charge in [-0.3, -0.25) is 0 Å². The molecular weight excluding hydrogens is 220 g/mol. The van der Waals surface area contributed by atoms with E-state index < -0.39 is 0 Å². The van der Waals surface area contributed by atoms with Crippen molar-refractivity contribution in [3.05, 3.63) is 0 Å². The molecule has 18 heavy (non-hydrogen) atoms. The zero-order chi connectivity index (χ0) is 12.8. The fourth-order valence-electron chi connectivity index (χ4n) is 3.72. The van der Waals surface area contributed by atoms with Gasteiger partial charge in [-0.05, 0) is 58.2 Å². The summed E-state index contributed by atoms with van der Waals surface area (Å²) >= 11 is 0. The van der Waals surface area contributed by atoms with Crippen LogP contribution < -0.4 is 5.32 Å². The molecule has 2 rings (SSSR count). The maximum Gasteiger partial charge on any atom is 0.00705 e. The Labute approximate surface area is 114 Å². The standard InChI is InChI=1S/C16H32N2/c1-3-18-12-10-15(11-13-18)14(2)17-16-8-6-4-5-7-9-16/h14-17H,3-13H2,1-2H3. The van der Waals surface area contributed by atoms with Crippen molar-refractivity contribution >= 4 is 0 Å². The molecule has 0 amide bonds. The second-order valence-electron chi connectivity index (χ2n) is 6.42. The molecule has 1 heterocycles. The third-order valence-electron chi connectivity index (χ3n) is 5.14. The molecule has 1 unspecified atom stereocenters. The highest BCUT2D eigenvalue weighted by molar-refractivity contribution is 4.82. The van der Waals surface area contributed by atoms with E-state index in [0.29, 0.717) is 0 Å². The second-order valence-corrected chi connectivity index (χ2v) is 6.42. The third kappa shape index (κ3) is 4.24. The minimum Gasteiger partial charge on any atom is -0.311 e. The summed E-state index contributed by atoms with van der Waals surface area (Å²) in [5.41, 5.74) is 0. The van der Waals surface area contributed by atoms with Gasteiger partial charge in [0.25, 0.3) is 0 Å². The van der Waals surface area contributed by atoms with E-state index in [1.165, 1.54) is 71.0 Å². The van der Waals surface area contributed by atoms with Crippen LogP contribution in [-0.2, 0) is 0 Å². The molecule has 106 valence electrons. The van der Waals surface area contributed by atoms with Crippen LogP contribution in [-0.4, -0.2) is 36.6 Å². The van der Waals surface area contributed by atoms with Crippen LogP contribution in [0.3, 0.4) is 0 Å². The van der Waals surface area contributed by atoms with E-state index in [9.17, 15) is 0 Å². The van der Waals surface area contributed by atoms with Gasteiger partial charge in [-0.1, -0.05) is 32.6 Å². The molecule has 1 N–H and O–H groups in total. The summed E-state index contributed by atoms with van der Waals surface area (Å²) in [4.78, 5) is 2.59. The highest BCUT2D eigenvalue weighted by atomic mass is 15.1. The van der Waals surface area contributed by atoms with Crippen molar-refractivity contribution in [3.63, 3.8) is 0 Å². The van der Waals surface area contributed by atoms with Crippen molar-refractivity contribution in [1.82, 2.24) is 10.2 Å². The van der Waals surface area contributed by atoms with Gasteiger partial charge in [-0.15, -0.1) is 0 Å². The third-order valence-corrected chi connectivity index (χ3v) is 5.14. The molecule has 0 aromatic rings. The average Bonchev–Trinajstić information content (AvgIpc) is 2.67. The molecule has 1 atom stereocenters. The number of nitrogens with zero attached hydrogens (tertiary/aromatic N) is 1. The van der Waals surface area contributed by atoms with E-state index in [2.05, 4.69) is 24.1 Å². The largest absolute Gasteiger partial charge is 0.311 e. The van der Waals surface area contributed by atoms with Crippen LogP contribution in [0, 0.1) is 5.92 Å². The first-order valence-electron chi connectivity index (χ1n) is 8.28. The molecule has 1 saturated heterocycles. The molecule has 1 aliphatic heterocycles. The maximum absolute atomic E-state index is 3.94. The first-order chi connectivity index (χ1) is 8.79. The van der Waals surface area contributed by atoms with E-state index in [0.717, 1.165) is 18.0 Å². The quantitative estimate of drug-likeness (QED) is 0.771. The monoisotopic (exact) mass is 252 g/mol. The Morgan fingerprint density at radius 2 is 1.61 bits per heavy atom. The zero-order valence-corrected chi connectivity index (χ0v) is 12.5. The summed E-state index contributed by atoms with van der Waals surface area (Å²) < 4.78 is 0. The lowest BCUT2D eigenvalue weighted by molar-refractivity contribution is 0.162. The maximum atomic E-state index is 3.94. The van der Waals surface area contributed by atoms with Crippen molar-refractivity contribution in [3.8, 4) is 0 Å². The van der Waals surface area contributed by atoms with Crippen LogP contribution in [0.1, 0.15) is 65.2 Å². The molecule has 0 bridgehead atoms. The van der Waals surface area contributed by atoms with Crippen LogP contribution >= 0.6 is 0 Å². The van der Waals surface area contributed by atoms with Gasteiger partial charge in [0.2, 0.25) is 0 Å². The first-order valence-corrected chi connectivity index (χ1v) is 8.28. The summed E-state index contributed by atoms with van der Waals surface area (Å²) in [6.45, 7) is 8.58. The van der Waals surface area contributed by atoms with Crippen LogP contribution in [0.5, 0.6) is 0 Å². The SMILES string of the molecule is CCN1CCC(C(C)NC2CCCCCC2)CC1. The fourth-order valence-corrected chi connectivity index (χ4v) is 3.72. The number of piperidine rings is 1. The highest BCUT2D eigenvalue weighted by Crippen LogP contribution is 2.23. The van der Waals surface area contributed by atoms with Crippen molar-refractivity contribution in [1.29, 1.82) is 0 Å². The molecule has 0 aromatic heterocycles. The van der Waals surface area contributed by atoms with Crippen molar-refractivity contribution in [2.75, 3.05) is 19.6 Å². The van der Waals surface area contributed by atoms with Gasteiger partial charge in [0.15, 0.2) is 0 Å². The van der Waals surface area contributed by atoms with Gasteiger partial charge in [-0.25, -0.2) is 0 Å². The lowest BCUT2D eigenvalue weighted by Crippen LogP contribution is -2.45. The topological polar surface area (TPSA) is 15.3 Å². The molecule has 2 heteroatoms. The first kappa shape index (κ1) is 14.3. The Hall–Kier alpha value is -0.0800. The molecule has 0 radical (unpaired) electrons. The van der Waals surface area contributed by atoms with E-state index in [1.807, 2.05) is 0 Å². The summed E-state index contributed by atoms with van der Waals surface area (Å²) in [5, 5.41) is 3.94. The minimum absolute atomic E-state index is 0.729. The van der Waals surface area contributed by atoms with Gasteiger partial charge in [0, 0.05) is 12.1 Å². The van der Waals surface area contributed by atoms with Crippen LogP contribution in [0.15, 0.2) is 0 Å². The average molecular weight is 252 g/mol. The molecule has 1 saturated carbocycles. The smallest absolute Gasteiger partial charge is 0.00705 e. The van der Waals surface area contributed by atoms with Crippen molar-refractivity contribution < 1.29 is 0 Å². The molecule has 2 nitrogen and oxygen atoms in total. The number of hydrogen-bond donors (Lipinski definition) is 1. The summed E-state index contributed by atoms with van der Waals surface area (Å²) in [6.07, 6.45) is 11.4. The predicted octanol–water partition coefficient (Wildman–Crippen LogP) is 3.42. The van der Waals surface area contributed by atoms with Gasteiger partial charge in [0.1, 0.15) is 0 Å². The zero-order valence-electron chi connectivity index (χ0n) is 12.5. The van der Waals surface area contributed by atoms with Gasteiger partial charge in [0.05, 0.1) is 0 Å². The van der Waals surface area contributed by atoms with Crippen LogP contribution in [0.4, 0.5) is 0 Å². The molecule has 2 fully saturated rings. The van der Waals surface area contributed by atoms with Crippen molar-refractivity contribution in [2.45, 2.75) is 77.3 Å². The summed E-state index contributed by atoms with van der Waals surface area (Å²) in [5.74, 6) is 0.913. The highest BCUT2D eigenvalue weighted by Gasteiger charge is 2.24. The number of likely N-dealkylation sites (tertiary alicyclic amines) is 1. The Kier molecular flexibility index (Phi) is 5.97. The lowest BCUT2D eigenvalue weighted by Gasteiger charge is -2.36. The summed E-state index contributed by atoms with van der Waals surface area (Å²) in [6, 6.07) is 1.54. The molecule has 0 spiro atoms. The Balaban J connectivity index is 1.72. The van der Waals surface area contributed by atoms with Crippen LogP contribution in [0.2, 0.25) is 0 Å². The Morgan fingerprint density at radius 1 is 1.00 bits per heavy atom. The van der Waals surface area contributed by atoms with Gasteiger partial charge >= 0.3 is 0 Å². The Bertz CT molecular complexity index is 213. The van der Waals surface area contributed by atoms with E-state index in [4.69, 9.17) is 0 Å². The van der Waals surface area contributed by atoms with Gasteiger partial charge in [-0.2, -0.15) is 0 Å². The molecular formula is C16H32N2. The van der Waals surface area contributed by atoms with E-state index in [-0.39, 0.29) is 0 Å². The van der Waals surface area contributed by atoms with E-state index in [1.54, 1.807) is 0 Å².